The van der Waals surface area contributed by atoms with E-state index in [-0.39, 0.29) is 0 Å². The smallest absolute Gasteiger partial charge is 0.197 e. The standard InChI is InChI=1S/C22H24N6S/c1-5-16-9-7-10-17(13-16)14-28(4)20-12-8-11-18(25-20)19-15-29-22(26-19)27-21(23-3)24-6-2/h1,7-13,15H,6,14H2,2-4H3,(H2,23,24,26,27). The summed E-state index contributed by atoms with van der Waals surface area (Å²) in [5.41, 5.74) is 3.68. The van der Waals surface area contributed by atoms with Crippen molar-refractivity contribution < 1.29 is 0 Å². The van der Waals surface area contributed by atoms with Crippen LogP contribution in [0.4, 0.5) is 10.9 Å². The van der Waals surface area contributed by atoms with Crippen molar-refractivity contribution in [3.8, 4) is 23.7 Å². The van der Waals surface area contributed by atoms with Crippen LogP contribution in [0.2, 0.25) is 0 Å². The first-order valence-electron chi connectivity index (χ1n) is 9.30. The van der Waals surface area contributed by atoms with Gasteiger partial charge in [-0.2, -0.15) is 0 Å². The predicted octanol–water partition coefficient (Wildman–Crippen LogP) is 3.83. The lowest BCUT2D eigenvalue weighted by Gasteiger charge is -2.19. The monoisotopic (exact) mass is 404 g/mol. The van der Waals surface area contributed by atoms with Crippen LogP contribution in [0.25, 0.3) is 11.4 Å². The van der Waals surface area contributed by atoms with Gasteiger partial charge >= 0.3 is 0 Å². The molecule has 0 aliphatic carbocycles. The van der Waals surface area contributed by atoms with Crippen molar-refractivity contribution in [1.82, 2.24) is 15.3 Å². The van der Waals surface area contributed by atoms with Crippen LogP contribution in [0.1, 0.15) is 18.1 Å². The van der Waals surface area contributed by atoms with Crippen LogP contribution in [0.15, 0.2) is 52.8 Å². The molecule has 0 atom stereocenters. The lowest BCUT2D eigenvalue weighted by Crippen LogP contribution is -2.30. The second-order valence-corrected chi connectivity index (χ2v) is 7.21. The minimum Gasteiger partial charge on any atom is -0.356 e. The average molecular weight is 405 g/mol. The highest BCUT2D eigenvalue weighted by molar-refractivity contribution is 7.14. The van der Waals surface area contributed by atoms with Crippen molar-refractivity contribution in [2.75, 3.05) is 30.9 Å². The lowest BCUT2D eigenvalue weighted by atomic mass is 10.1. The molecule has 0 unspecified atom stereocenters. The minimum absolute atomic E-state index is 0.698. The van der Waals surface area contributed by atoms with Crippen molar-refractivity contribution in [3.05, 3.63) is 59.0 Å². The van der Waals surface area contributed by atoms with Crippen LogP contribution >= 0.6 is 11.3 Å². The molecule has 2 heterocycles. The molecule has 3 rings (SSSR count). The molecule has 148 valence electrons. The SMILES string of the molecule is C#Cc1cccc(CN(C)c2cccc(-c3csc(NC(=NC)NCC)n3)n2)c1. The van der Waals surface area contributed by atoms with Gasteiger partial charge in [-0.15, -0.1) is 17.8 Å². The molecule has 0 amide bonds. The number of anilines is 2. The van der Waals surface area contributed by atoms with Gasteiger partial charge in [0.2, 0.25) is 0 Å². The van der Waals surface area contributed by atoms with Gasteiger partial charge in [-0.25, -0.2) is 9.97 Å². The largest absolute Gasteiger partial charge is 0.356 e. The molecule has 0 saturated heterocycles. The molecular weight excluding hydrogens is 380 g/mol. The third-order valence-electron chi connectivity index (χ3n) is 4.20. The Kier molecular flexibility index (Phi) is 6.82. The highest BCUT2D eigenvalue weighted by Gasteiger charge is 2.10. The number of thiazole rings is 1. The average Bonchev–Trinajstić information content (AvgIpc) is 3.22. The maximum atomic E-state index is 5.50. The molecule has 2 aromatic heterocycles. The molecule has 0 aliphatic rings. The second-order valence-electron chi connectivity index (χ2n) is 6.35. The lowest BCUT2D eigenvalue weighted by molar-refractivity contribution is 0.898. The summed E-state index contributed by atoms with van der Waals surface area (Å²) < 4.78 is 0. The molecule has 0 radical (unpaired) electrons. The molecule has 0 fully saturated rings. The molecule has 0 spiro atoms. The van der Waals surface area contributed by atoms with Gasteiger partial charge in [0.05, 0.1) is 5.69 Å². The van der Waals surface area contributed by atoms with E-state index in [1.54, 1.807) is 7.05 Å². The van der Waals surface area contributed by atoms with Crippen molar-refractivity contribution in [1.29, 1.82) is 0 Å². The predicted molar refractivity (Wildman–Crippen MR) is 122 cm³/mol. The van der Waals surface area contributed by atoms with Crippen molar-refractivity contribution in [2.45, 2.75) is 13.5 Å². The molecular formula is C22H24N6S. The quantitative estimate of drug-likeness (QED) is 0.371. The van der Waals surface area contributed by atoms with E-state index >= 15 is 0 Å². The summed E-state index contributed by atoms with van der Waals surface area (Å²) in [4.78, 5) is 15.7. The third-order valence-corrected chi connectivity index (χ3v) is 4.96. The molecule has 6 nitrogen and oxygen atoms in total. The van der Waals surface area contributed by atoms with Crippen molar-refractivity contribution >= 4 is 28.2 Å². The van der Waals surface area contributed by atoms with Crippen molar-refractivity contribution in [3.63, 3.8) is 0 Å². The van der Waals surface area contributed by atoms with E-state index in [1.807, 2.05) is 55.7 Å². The normalized spacial score (nSPS) is 11.0. The van der Waals surface area contributed by atoms with Crippen molar-refractivity contribution in [2.24, 2.45) is 4.99 Å². The van der Waals surface area contributed by atoms with E-state index in [0.29, 0.717) is 5.96 Å². The fourth-order valence-electron chi connectivity index (χ4n) is 2.79. The Labute approximate surface area is 175 Å². The van der Waals surface area contributed by atoms with Crippen LogP contribution in [0.3, 0.4) is 0 Å². The number of aromatic nitrogens is 2. The van der Waals surface area contributed by atoms with E-state index in [0.717, 1.165) is 46.6 Å². The molecule has 2 N–H and O–H groups in total. The fourth-order valence-corrected chi connectivity index (χ4v) is 3.49. The number of hydrogen-bond acceptors (Lipinski definition) is 5. The van der Waals surface area contributed by atoms with Crippen LogP contribution in [0, 0.1) is 12.3 Å². The Morgan fingerprint density at radius 2 is 2.03 bits per heavy atom. The van der Waals surface area contributed by atoms with E-state index in [1.165, 1.54) is 11.3 Å². The Balaban J connectivity index is 1.75. The number of rotatable bonds is 6. The van der Waals surface area contributed by atoms with Crippen LogP contribution < -0.4 is 15.5 Å². The zero-order valence-corrected chi connectivity index (χ0v) is 17.6. The number of hydrogen-bond donors (Lipinski definition) is 2. The first-order chi connectivity index (χ1) is 14.1. The summed E-state index contributed by atoms with van der Waals surface area (Å²) >= 11 is 1.52. The molecule has 0 saturated carbocycles. The Hall–Kier alpha value is -3.37. The number of terminal acetylenes is 1. The zero-order valence-electron chi connectivity index (χ0n) is 16.8. The van der Waals surface area contributed by atoms with Gasteiger partial charge in [-0.05, 0) is 36.8 Å². The second kappa shape index (κ2) is 9.71. The summed E-state index contributed by atoms with van der Waals surface area (Å²) in [6.07, 6.45) is 5.50. The van der Waals surface area contributed by atoms with Gasteiger partial charge in [-0.1, -0.05) is 24.1 Å². The maximum absolute atomic E-state index is 5.50. The number of aliphatic imine (C=N–C) groups is 1. The van der Waals surface area contributed by atoms with Gasteiger partial charge in [0, 0.05) is 38.1 Å². The van der Waals surface area contributed by atoms with E-state index in [9.17, 15) is 0 Å². The van der Waals surface area contributed by atoms with Gasteiger partial charge in [-0.3, -0.25) is 4.99 Å². The van der Waals surface area contributed by atoms with Gasteiger partial charge in [0.15, 0.2) is 11.1 Å². The number of nitrogens with zero attached hydrogens (tertiary/aromatic N) is 4. The van der Waals surface area contributed by atoms with E-state index in [4.69, 9.17) is 11.4 Å². The summed E-state index contributed by atoms with van der Waals surface area (Å²) in [5.74, 6) is 4.25. The fraction of sp³-hybridized carbons (Fsp3) is 0.227. The van der Waals surface area contributed by atoms with Crippen LogP contribution in [-0.4, -0.2) is 36.6 Å². The Morgan fingerprint density at radius 1 is 1.21 bits per heavy atom. The molecule has 29 heavy (non-hydrogen) atoms. The van der Waals surface area contributed by atoms with Crippen LogP contribution in [-0.2, 0) is 6.54 Å². The number of benzene rings is 1. The molecule has 3 aromatic rings. The van der Waals surface area contributed by atoms with E-state index < -0.39 is 0 Å². The van der Waals surface area contributed by atoms with Gasteiger partial charge in [0.25, 0.3) is 0 Å². The molecule has 0 bridgehead atoms. The summed E-state index contributed by atoms with van der Waals surface area (Å²) in [5, 5.41) is 9.11. The Morgan fingerprint density at radius 3 is 2.79 bits per heavy atom. The number of guanidine groups is 1. The van der Waals surface area contributed by atoms with E-state index in [2.05, 4.69) is 37.5 Å². The molecule has 0 aliphatic heterocycles. The molecule has 7 heteroatoms. The third kappa shape index (κ3) is 5.33. The number of nitrogens with one attached hydrogen (secondary N) is 2. The highest BCUT2D eigenvalue weighted by atomic mass is 32.1. The first kappa shape index (κ1) is 20.4. The summed E-state index contributed by atoms with van der Waals surface area (Å²) in [6.45, 7) is 3.53. The molecule has 1 aromatic carbocycles. The highest BCUT2D eigenvalue weighted by Crippen LogP contribution is 2.25. The summed E-state index contributed by atoms with van der Waals surface area (Å²) in [6, 6.07) is 14.0. The van der Waals surface area contributed by atoms with Crippen LogP contribution in [0.5, 0.6) is 0 Å². The minimum atomic E-state index is 0.698. The first-order valence-corrected chi connectivity index (χ1v) is 10.2. The summed E-state index contributed by atoms with van der Waals surface area (Å²) in [7, 11) is 3.75. The van der Waals surface area contributed by atoms with Gasteiger partial charge < -0.3 is 15.5 Å². The van der Waals surface area contributed by atoms with Gasteiger partial charge in [0.1, 0.15) is 11.5 Å². The maximum Gasteiger partial charge on any atom is 0.197 e. The zero-order chi connectivity index (χ0) is 20.6. The Bertz CT molecular complexity index is 1030. The number of pyridine rings is 1. The topological polar surface area (TPSA) is 65.4 Å².